The molecule has 2 aliphatic carbocycles. The summed E-state index contributed by atoms with van der Waals surface area (Å²) < 4.78 is 0. The van der Waals surface area contributed by atoms with Crippen LogP contribution >= 0.6 is 0 Å². The van der Waals surface area contributed by atoms with Crippen molar-refractivity contribution >= 4 is 11.9 Å². The van der Waals surface area contributed by atoms with E-state index in [-0.39, 0.29) is 17.7 Å². The summed E-state index contributed by atoms with van der Waals surface area (Å²) in [7, 11) is 0. The summed E-state index contributed by atoms with van der Waals surface area (Å²) in [6, 6.07) is 8.08. The molecule has 0 unspecified atom stereocenters. The van der Waals surface area contributed by atoms with E-state index in [2.05, 4.69) is 11.4 Å². The lowest BCUT2D eigenvalue weighted by Crippen LogP contribution is -2.59. The third-order valence-electron chi connectivity index (χ3n) is 4.69. The first-order valence-corrected chi connectivity index (χ1v) is 7.14. The number of amides is 1. The van der Waals surface area contributed by atoms with E-state index in [0.29, 0.717) is 12.8 Å². The zero-order valence-corrected chi connectivity index (χ0v) is 11.6. The van der Waals surface area contributed by atoms with Gasteiger partial charge < -0.3 is 10.4 Å². The number of aryl methyl sites for hydroxylation is 1. The molecule has 2 atom stereocenters. The first-order valence-electron chi connectivity index (χ1n) is 7.14. The minimum absolute atomic E-state index is 0.0621. The Morgan fingerprint density at radius 3 is 2.55 bits per heavy atom. The second kappa shape index (κ2) is 4.62. The third kappa shape index (κ3) is 2.09. The topological polar surface area (TPSA) is 66.4 Å². The summed E-state index contributed by atoms with van der Waals surface area (Å²) in [5.74, 6) is -0.805. The fraction of sp³-hybridized carbons (Fsp3) is 0.500. The lowest BCUT2D eigenvalue weighted by Gasteiger charge is -2.38. The van der Waals surface area contributed by atoms with Gasteiger partial charge in [0.1, 0.15) is 5.54 Å². The number of benzene rings is 1. The Hall–Kier alpha value is -1.84. The molecule has 4 nitrogen and oxygen atoms in total. The van der Waals surface area contributed by atoms with Gasteiger partial charge in [-0.2, -0.15) is 0 Å². The summed E-state index contributed by atoms with van der Waals surface area (Å²) in [4.78, 5) is 23.5. The van der Waals surface area contributed by atoms with Gasteiger partial charge >= 0.3 is 5.97 Å². The Balaban J connectivity index is 1.66. The molecule has 0 heterocycles. The summed E-state index contributed by atoms with van der Waals surface area (Å²) >= 11 is 0. The number of aliphatic carboxylic acids is 1. The number of carboxylic acids is 1. The largest absolute Gasteiger partial charge is 0.480 e. The molecule has 1 aromatic rings. The molecule has 2 N–H and O–H groups in total. The summed E-state index contributed by atoms with van der Waals surface area (Å²) in [5, 5.41) is 12.0. The van der Waals surface area contributed by atoms with E-state index in [1.54, 1.807) is 0 Å². The van der Waals surface area contributed by atoms with E-state index >= 15 is 0 Å². The molecular weight excluding hydrogens is 254 g/mol. The van der Waals surface area contributed by atoms with Crippen molar-refractivity contribution in [1.82, 2.24) is 5.32 Å². The summed E-state index contributed by atoms with van der Waals surface area (Å²) in [6.45, 7) is 2.05. The number of hydrogen-bond donors (Lipinski definition) is 2. The smallest absolute Gasteiger partial charge is 0.329 e. The minimum atomic E-state index is -0.990. The van der Waals surface area contributed by atoms with Crippen molar-refractivity contribution in [2.75, 3.05) is 0 Å². The lowest BCUT2D eigenvalue weighted by molar-refractivity contribution is -0.152. The normalized spacial score (nSPS) is 26.4. The van der Waals surface area contributed by atoms with Crippen LogP contribution in [0.3, 0.4) is 0 Å². The van der Waals surface area contributed by atoms with Crippen molar-refractivity contribution in [1.29, 1.82) is 0 Å². The highest BCUT2D eigenvalue weighted by molar-refractivity contribution is 5.90. The molecule has 1 amide bonds. The fourth-order valence-corrected chi connectivity index (χ4v) is 3.08. The molecule has 106 valence electrons. The average Bonchev–Trinajstić information content (AvgIpc) is 3.13. The van der Waals surface area contributed by atoms with Gasteiger partial charge in [-0.05, 0) is 49.7 Å². The minimum Gasteiger partial charge on any atom is -0.480 e. The molecule has 0 aliphatic heterocycles. The summed E-state index contributed by atoms with van der Waals surface area (Å²) in [5.41, 5.74) is 1.42. The number of carbonyl (C=O) groups excluding carboxylic acids is 1. The molecule has 0 saturated heterocycles. The van der Waals surface area contributed by atoms with Gasteiger partial charge in [0, 0.05) is 5.92 Å². The number of carbonyl (C=O) groups is 2. The van der Waals surface area contributed by atoms with Crippen LogP contribution in [0.2, 0.25) is 0 Å². The van der Waals surface area contributed by atoms with Gasteiger partial charge in [-0.3, -0.25) is 4.79 Å². The molecule has 0 aromatic heterocycles. The van der Waals surface area contributed by atoms with Gasteiger partial charge in [-0.1, -0.05) is 24.3 Å². The standard InChI is InChI=1S/C16H19NO3/c1-10-5-2-3-6-11(10)12-9-13(12)14(18)17-16(15(19)20)7-4-8-16/h2-3,5-6,12-13H,4,7-9H2,1H3,(H,17,18)(H,19,20)/t12-,13+/m0/s1. The zero-order valence-electron chi connectivity index (χ0n) is 11.6. The SMILES string of the molecule is Cc1ccccc1[C@@H]1C[C@H]1C(=O)NC1(C(=O)O)CCC1. The molecule has 0 bridgehead atoms. The van der Waals surface area contributed by atoms with Crippen LogP contribution in [0.25, 0.3) is 0 Å². The molecule has 1 aromatic carbocycles. The maximum Gasteiger partial charge on any atom is 0.329 e. The number of hydrogen-bond acceptors (Lipinski definition) is 2. The Morgan fingerprint density at radius 1 is 1.30 bits per heavy atom. The maximum absolute atomic E-state index is 12.2. The van der Waals surface area contributed by atoms with Gasteiger partial charge in [0.25, 0.3) is 0 Å². The van der Waals surface area contributed by atoms with Gasteiger partial charge in [0.2, 0.25) is 5.91 Å². The predicted molar refractivity (Wildman–Crippen MR) is 74.4 cm³/mol. The number of rotatable bonds is 4. The third-order valence-corrected chi connectivity index (χ3v) is 4.69. The molecule has 0 spiro atoms. The summed E-state index contributed by atoms with van der Waals surface area (Å²) in [6.07, 6.45) is 2.80. The van der Waals surface area contributed by atoms with E-state index in [4.69, 9.17) is 0 Å². The average molecular weight is 273 g/mol. The molecule has 4 heteroatoms. The monoisotopic (exact) mass is 273 g/mol. The van der Waals surface area contributed by atoms with E-state index in [1.165, 1.54) is 11.1 Å². The van der Waals surface area contributed by atoms with Crippen molar-refractivity contribution < 1.29 is 14.7 Å². The van der Waals surface area contributed by atoms with Crippen LogP contribution < -0.4 is 5.32 Å². The lowest BCUT2D eigenvalue weighted by atomic mass is 9.76. The Bertz CT molecular complexity index is 563. The van der Waals surface area contributed by atoms with E-state index in [9.17, 15) is 14.7 Å². The number of nitrogens with one attached hydrogen (secondary N) is 1. The fourth-order valence-electron chi connectivity index (χ4n) is 3.08. The van der Waals surface area contributed by atoms with Crippen LogP contribution in [0, 0.1) is 12.8 Å². The van der Waals surface area contributed by atoms with Crippen LogP contribution in [0.5, 0.6) is 0 Å². The van der Waals surface area contributed by atoms with Crippen molar-refractivity contribution in [2.45, 2.75) is 44.1 Å². The van der Waals surface area contributed by atoms with Gasteiger partial charge in [-0.15, -0.1) is 0 Å². The molecule has 2 saturated carbocycles. The van der Waals surface area contributed by atoms with E-state index in [1.807, 2.05) is 25.1 Å². The highest BCUT2D eigenvalue weighted by Gasteiger charge is 2.51. The van der Waals surface area contributed by atoms with E-state index < -0.39 is 11.5 Å². The number of carboxylic acid groups (broad SMARTS) is 1. The Morgan fingerprint density at radius 2 is 2.00 bits per heavy atom. The van der Waals surface area contributed by atoms with Crippen molar-refractivity contribution in [3.8, 4) is 0 Å². The van der Waals surface area contributed by atoms with Gasteiger partial charge in [-0.25, -0.2) is 4.79 Å². The second-order valence-electron chi connectivity index (χ2n) is 6.04. The van der Waals surface area contributed by atoms with Gasteiger partial charge in [0.15, 0.2) is 0 Å². The quantitative estimate of drug-likeness (QED) is 0.884. The van der Waals surface area contributed by atoms with Crippen molar-refractivity contribution in [2.24, 2.45) is 5.92 Å². The first-order chi connectivity index (χ1) is 9.53. The molecular formula is C16H19NO3. The van der Waals surface area contributed by atoms with Gasteiger partial charge in [0.05, 0.1) is 0 Å². The Labute approximate surface area is 118 Å². The predicted octanol–water partition coefficient (Wildman–Crippen LogP) is 2.22. The molecule has 20 heavy (non-hydrogen) atoms. The zero-order chi connectivity index (χ0) is 14.3. The molecule has 2 aliphatic rings. The maximum atomic E-state index is 12.2. The van der Waals surface area contributed by atoms with Crippen LogP contribution in [-0.4, -0.2) is 22.5 Å². The van der Waals surface area contributed by atoms with Crippen LogP contribution in [0.15, 0.2) is 24.3 Å². The first kappa shape index (κ1) is 13.2. The van der Waals surface area contributed by atoms with Crippen molar-refractivity contribution in [3.05, 3.63) is 35.4 Å². The van der Waals surface area contributed by atoms with E-state index in [0.717, 1.165) is 12.8 Å². The van der Waals surface area contributed by atoms with Crippen LogP contribution in [0.1, 0.15) is 42.7 Å². The van der Waals surface area contributed by atoms with Crippen LogP contribution in [-0.2, 0) is 9.59 Å². The van der Waals surface area contributed by atoms with Crippen molar-refractivity contribution in [3.63, 3.8) is 0 Å². The molecule has 3 rings (SSSR count). The van der Waals surface area contributed by atoms with Crippen LogP contribution in [0.4, 0.5) is 0 Å². The second-order valence-corrected chi connectivity index (χ2v) is 6.04. The Kier molecular flexibility index (Phi) is 3.04. The highest BCUT2D eigenvalue weighted by Crippen LogP contribution is 2.49. The highest BCUT2D eigenvalue weighted by atomic mass is 16.4. The molecule has 0 radical (unpaired) electrons. The molecule has 2 fully saturated rings.